The van der Waals surface area contributed by atoms with Gasteiger partial charge in [0.15, 0.2) is 23.4 Å². The van der Waals surface area contributed by atoms with Crippen LogP contribution in [0.4, 0.5) is 35.1 Å². The molecule has 0 radical (unpaired) electrons. The first-order chi connectivity index (χ1) is 19.1. The Kier molecular flexibility index (Phi) is 11.1. The summed E-state index contributed by atoms with van der Waals surface area (Å²) in [6.07, 6.45) is -4.21. The summed E-state index contributed by atoms with van der Waals surface area (Å²) in [5.41, 5.74) is -3.95. The van der Waals surface area contributed by atoms with Crippen LogP contribution in [0.2, 0.25) is 0 Å². The zero-order valence-corrected chi connectivity index (χ0v) is 21.4. The third-order valence-electron chi connectivity index (χ3n) is 5.24. The van der Waals surface area contributed by atoms with Gasteiger partial charge in [0.1, 0.15) is 12.0 Å². The summed E-state index contributed by atoms with van der Waals surface area (Å²) in [5.74, 6) is -2.27. The van der Waals surface area contributed by atoms with Crippen LogP contribution in [-0.2, 0) is 12.4 Å². The number of hydrogen-bond donors (Lipinski definition) is 2. The molecule has 3 rings (SSSR count). The molecule has 0 amide bonds. The summed E-state index contributed by atoms with van der Waals surface area (Å²) in [7, 11) is 1.66. The van der Waals surface area contributed by atoms with Gasteiger partial charge in [0.05, 0.1) is 17.3 Å². The molecule has 16 heteroatoms. The maximum absolute atomic E-state index is 14.3. The summed E-state index contributed by atoms with van der Waals surface area (Å²) >= 11 is 0. The van der Waals surface area contributed by atoms with Crippen LogP contribution >= 0.6 is 0 Å². The Morgan fingerprint density at radius 3 is 2.17 bits per heavy atom. The van der Waals surface area contributed by atoms with E-state index in [1.165, 1.54) is 12.1 Å². The molecule has 0 bridgehead atoms. The number of H-pyrrole nitrogens is 1. The number of nitrogens with one attached hydrogen (secondary N) is 1. The van der Waals surface area contributed by atoms with Crippen molar-refractivity contribution in [3.63, 3.8) is 0 Å². The lowest BCUT2D eigenvalue weighted by molar-refractivity contribution is -0.140. The third-order valence-corrected chi connectivity index (χ3v) is 5.24. The van der Waals surface area contributed by atoms with E-state index in [4.69, 9.17) is 5.11 Å². The lowest BCUT2D eigenvalue weighted by atomic mass is 10.0. The van der Waals surface area contributed by atoms with Crippen LogP contribution in [-0.4, -0.2) is 56.2 Å². The fourth-order valence-corrected chi connectivity index (χ4v) is 3.28. The van der Waals surface area contributed by atoms with Crippen molar-refractivity contribution in [1.29, 1.82) is 0 Å². The van der Waals surface area contributed by atoms with E-state index in [2.05, 4.69) is 15.1 Å². The minimum Gasteiger partial charge on any atom is -0.505 e. The highest BCUT2D eigenvalue weighted by atomic mass is 19.4. The van der Waals surface area contributed by atoms with Crippen LogP contribution in [0, 0.1) is 5.82 Å². The van der Waals surface area contributed by atoms with Crippen molar-refractivity contribution in [3.8, 4) is 17.1 Å². The SMILES string of the molecule is CCCC(F)CN(C)/C=C\c1cc(-c2ncc(C(F)(F)F)cn2)c(F)cc1C=O.O=c1[nH]ncc(O)c1C(F)(F)F. The minimum atomic E-state index is -4.86. The summed E-state index contributed by atoms with van der Waals surface area (Å²) < 4.78 is 102. The first-order valence-electron chi connectivity index (χ1n) is 11.6. The molecule has 0 spiro atoms. The van der Waals surface area contributed by atoms with Crippen molar-refractivity contribution in [2.24, 2.45) is 0 Å². The molecule has 2 aromatic heterocycles. The van der Waals surface area contributed by atoms with E-state index >= 15 is 0 Å². The Hall–Kier alpha value is -4.37. The summed E-state index contributed by atoms with van der Waals surface area (Å²) in [5, 5.41) is 13.2. The van der Waals surface area contributed by atoms with Crippen molar-refractivity contribution in [3.05, 3.63) is 75.3 Å². The molecule has 1 aromatic carbocycles. The Balaban J connectivity index is 0.000000408. The number of nitrogens with zero attached hydrogens (tertiary/aromatic N) is 4. The summed E-state index contributed by atoms with van der Waals surface area (Å²) in [6.45, 7) is 2.03. The fraction of sp³-hybridized carbons (Fsp3) is 0.320. The Labute approximate surface area is 227 Å². The smallest absolute Gasteiger partial charge is 0.425 e. The largest absolute Gasteiger partial charge is 0.505 e. The number of rotatable bonds is 8. The van der Waals surface area contributed by atoms with Gasteiger partial charge in [-0.2, -0.15) is 31.4 Å². The molecule has 0 fully saturated rings. The van der Waals surface area contributed by atoms with E-state index in [-0.39, 0.29) is 23.5 Å². The predicted molar refractivity (Wildman–Crippen MR) is 131 cm³/mol. The molecule has 0 aliphatic heterocycles. The highest BCUT2D eigenvalue weighted by Gasteiger charge is 2.37. The molecule has 2 heterocycles. The van der Waals surface area contributed by atoms with Gasteiger partial charge in [-0.3, -0.25) is 9.59 Å². The molecule has 1 atom stereocenters. The number of aromatic amines is 1. The zero-order valence-electron chi connectivity index (χ0n) is 21.4. The maximum atomic E-state index is 14.3. The number of aldehydes is 1. The van der Waals surface area contributed by atoms with Crippen LogP contribution in [0.1, 0.15) is 46.8 Å². The number of halogens is 8. The first-order valence-corrected chi connectivity index (χ1v) is 11.6. The van der Waals surface area contributed by atoms with Gasteiger partial charge in [0.2, 0.25) is 0 Å². The van der Waals surface area contributed by atoms with Crippen molar-refractivity contribution in [2.75, 3.05) is 13.6 Å². The molecule has 41 heavy (non-hydrogen) atoms. The number of aromatic nitrogens is 4. The standard InChI is InChI=1S/C20H20F5N3O.C5H3F3N2O2/c1-3-4-16(21)11-28(2)6-5-13-7-17(18(22)8-14(13)12-29)19-26-9-15(10-27-19)20(23,24)25;6-5(7,8)3-2(11)1-9-10-4(3)12/h5-10,12,16H,3-4,11H2,1-2H3;1H,(H2,10,11,12)/b6-5-;. The van der Waals surface area contributed by atoms with E-state index < -0.39 is 46.8 Å². The van der Waals surface area contributed by atoms with Crippen LogP contribution in [0.25, 0.3) is 17.5 Å². The Morgan fingerprint density at radius 1 is 1.05 bits per heavy atom. The van der Waals surface area contributed by atoms with E-state index in [1.807, 2.05) is 6.92 Å². The van der Waals surface area contributed by atoms with E-state index in [0.29, 0.717) is 43.3 Å². The molecule has 222 valence electrons. The van der Waals surface area contributed by atoms with Gasteiger partial charge < -0.3 is 10.0 Å². The highest BCUT2D eigenvalue weighted by Crippen LogP contribution is 2.32. The van der Waals surface area contributed by atoms with Crippen LogP contribution in [0.5, 0.6) is 5.75 Å². The monoisotopic (exact) mass is 593 g/mol. The van der Waals surface area contributed by atoms with Crippen LogP contribution in [0.3, 0.4) is 0 Å². The Bertz CT molecular complexity index is 1410. The number of carbonyl (C=O) groups is 1. The van der Waals surface area contributed by atoms with Gasteiger partial charge in [-0.05, 0) is 36.4 Å². The van der Waals surface area contributed by atoms with E-state index in [0.717, 1.165) is 6.07 Å². The fourth-order valence-electron chi connectivity index (χ4n) is 3.28. The van der Waals surface area contributed by atoms with Crippen molar-refractivity contribution in [2.45, 2.75) is 38.3 Å². The summed E-state index contributed by atoms with van der Waals surface area (Å²) in [6, 6.07) is 2.23. The van der Waals surface area contributed by atoms with E-state index in [9.17, 15) is 44.7 Å². The average Bonchev–Trinajstić information content (AvgIpc) is 2.87. The molecular formula is C25H23F8N5O3. The van der Waals surface area contributed by atoms with Gasteiger partial charge in [0.25, 0.3) is 5.56 Å². The maximum Gasteiger partial charge on any atom is 0.425 e. The zero-order chi connectivity index (χ0) is 31.0. The van der Waals surface area contributed by atoms with Gasteiger partial charge >= 0.3 is 12.4 Å². The van der Waals surface area contributed by atoms with Gasteiger partial charge in [-0.15, -0.1) is 0 Å². The molecule has 0 saturated carbocycles. The van der Waals surface area contributed by atoms with Gasteiger partial charge in [-0.1, -0.05) is 13.3 Å². The van der Waals surface area contributed by atoms with Gasteiger partial charge in [0, 0.05) is 31.5 Å². The summed E-state index contributed by atoms with van der Waals surface area (Å²) in [4.78, 5) is 30.5. The normalized spacial score (nSPS) is 12.5. The topological polar surface area (TPSA) is 112 Å². The Morgan fingerprint density at radius 2 is 1.68 bits per heavy atom. The second-order valence-electron chi connectivity index (χ2n) is 8.47. The number of carbonyl (C=O) groups excluding carboxylic acids is 1. The molecule has 8 nitrogen and oxygen atoms in total. The second-order valence-corrected chi connectivity index (χ2v) is 8.47. The van der Waals surface area contributed by atoms with Gasteiger partial charge in [-0.25, -0.2) is 23.8 Å². The number of aromatic hydroxyl groups is 1. The average molecular weight is 593 g/mol. The number of hydrogen-bond acceptors (Lipinski definition) is 7. The quantitative estimate of drug-likeness (QED) is 0.257. The lowest BCUT2D eigenvalue weighted by Crippen LogP contribution is -2.22. The lowest BCUT2D eigenvalue weighted by Gasteiger charge is -2.17. The van der Waals surface area contributed by atoms with Crippen molar-refractivity contribution >= 4 is 12.4 Å². The molecule has 0 aliphatic rings. The van der Waals surface area contributed by atoms with Crippen molar-refractivity contribution in [1.82, 2.24) is 25.1 Å². The molecule has 2 N–H and O–H groups in total. The minimum absolute atomic E-state index is 0.0353. The molecule has 1 unspecified atom stereocenters. The first kappa shape index (κ1) is 32.8. The third kappa shape index (κ3) is 9.36. The predicted octanol–water partition coefficient (Wildman–Crippen LogP) is 5.65. The number of alkyl halides is 7. The van der Waals surface area contributed by atoms with Crippen LogP contribution in [0.15, 0.2) is 41.7 Å². The second kappa shape index (κ2) is 13.8. The molecule has 0 aliphatic carbocycles. The molecular weight excluding hydrogens is 570 g/mol. The van der Waals surface area contributed by atoms with Crippen LogP contribution < -0.4 is 5.56 Å². The highest BCUT2D eigenvalue weighted by molar-refractivity contribution is 5.84. The molecule has 3 aromatic rings. The van der Waals surface area contributed by atoms with E-state index in [1.54, 1.807) is 23.2 Å². The number of benzene rings is 1. The van der Waals surface area contributed by atoms with Crippen molar-refractivity contribution < 1.29 is 45.0 Å². The molecule has 0 saturated heterocycles.